The second kappa shape index (κ2) is 5.70. The molecule has 0 unspecified atom stereocenters. The van der Waals surface area contributed by atoms with Crippen LogP contribution in [0.15, 0.2) is 30.3 Å². The first-order valence-electron chi connectivity index (χ1n) is 5.57. The molecule has 0 radical (unpaired) electrons. The van der Waals surface area contributed by atoms with E-state index < -0.39 is 10.9 Å². The second-order valence-electron chi connectivity index (χ2n) is 3.80. The van der Waals surface area contributed by atoms with Gasteiger partial charge in [0.05, 0.1) is 25.2 Å². The van der Waals surface area contributed by atoms with Gasteiger partial charge in [0.2, 0.25) is 0 Å². The summed E-state index contributed by atoms with van der Waals surface area (Å²) in [6.45, 7) is 0. The Morgan fingerprint density at radius 1 is 1.25 bits per heavy atom. The molecule has 0 N–H and O–H groups in total. The maximum Gasteiger partial charge on any atom is 0.348 e. The van der Waals surface area contributed by atoms with Crippen molar-refractivity contribution in [1.29, 1.82) is 0 Å². The van der Waals surface area contributed by atoms with Gasteiger partial charge in [0.1, 0.15) is 10.6 Å². The van der Waals surface area contributed by atoms with Gasteiger partial charge in [0.25, 0.3) is 5.69 Å². The minimum absolute atomic E-state index is 0.0460. The Morgan fingerprint density at radius 2 is 2.00 bits per heavy atom. The number of thiophene rings is 1. The van der Waals surface area contributed by atoms with E-state index in [0.29, 0.717) is 16.2 Å². The third kappa shape index (κ3) is 2.62. The third-order valence-corrected chi connectivity index (χ3v) is 3.75. The molecule has 0 aliphatic heterocycles. The molecule has 2 aromatic rings. The van der Waals surface area contributed by atoms with Gasteiger partial charge in [-0.2, -0.15) is 0 Å². The van der Waals surface area contributed by atoms with Gasteiger partial charge in [-0.15, -0.1) is 11.3 Å². The molecular weight excluding hydrogens is 282 g/mol. The number of nitro benzene ring substituents is 1. The van der Waals surface area contributed by atoms with Gasteiger partial charge in [0, 0.05) is 16.5 Å². The van der Waals surface area contributed by atoms with E-state index in [-0.39, 0.29) is 5.69 Å². The van der Waals surface area contributed by atoms with Crippen LogP contribution in [0, 0.1) is 10.1 Å². The maximum absolute atomic E-state index is 11.4. The highest BCUT2D eigenvalue weighted by molar-refractivity contribution is 7.17. The molecule has 0 atom stereocenters. The molecule has 0 saturated heterocycles. The molecule has 0 aliphatic carbocycles. The van der Waals surface area contributed by atoms with Crippen molar-refractivity contribution in [2.45, 2.75) is 0 Å². The minimum atomic E-state index is -0.486. The Morgan fingerprint density at radius 3 is 2.60 bits per heavy atom. The molecule has 1 aromatic carbocycles. The Labute approximate surface area is 118 Å². The number of nitrogens with zero attached hydrogens (tertiary/aromatic N) is 1. The number of non-ortho nitro benzene ring substituents is 1. The fraction of sp³-hybridized carbons (Fsp3) is 0.154. The number of nitro groups is 1. The van der Waals surface area contributed by atoms with Crippen LogP contribution in [-0.4, -0.2) is 25.1 Å². The van der Waals surface area contributed by atoms with Crippen molar-refractivity contribution < 1.29 is 19.2 Å². The highest BCUT2D eigenvalue weighted by Crippen LogP contribution is 2.37. The zero-order valence-electron chi connectivity index (χ0n) is 10.8. The van der Waals surface area contributed by atoms with Crippen LogP contribution >= 0.6 is 11.3 Å². The molecule has 104 valence electrons. The number of rotatable bonds is 4. The van der Waals surface area contributed by atoms with Crippen LogP contribution in [0.25, 0.3) is 10.4 Å². The van der Waals surface area contributed by atoms with E-state index in [4.69, 9.17) is 4.74 Å². The Kier molecular flexibility index (Phi) is 3.99. The zero-order valence-corrected chi connectivity index (χ0v) is 11.6. The summed E-state index contributed by atoms with van der Waals surface area (Å²) in [5.41, 5.74) is 0.647. The van der Waals surface area contributed by atoms with Gasteiger partial charge in [0.15, 0.2) is 0 Å². The maximum atomic E-state index is 11.4. The lowest BCUT2D eigenvalue weighted by Gasteiger charge is -2.06. The van der Waals surface area contributed by atoms with Crippen LogP contribution < -0.4 is 4.74 Å². The number of ether oxygens (including phenoxy) is 2. The van der Waals surface area contributed by atoms with Crippen LogP contribution in [0.5, 0.6) is 5.75 Å². The molecule has 0 spiro atoms. The number of benzene rings is 1. The van der Waals surface area contributed by atoms with Crippen molar-refractivity contribution in [3.63, 3.8) is 0 Å². The molecule has 7 heteroatoms. The summed E-state index contributed by atoms with van der Waals surface area (Å²) in [5.74, 6) is -0.0282. The molecule has 1 aromatic heterocycles. The highest BCUT2D eigenvalue weighted by Gasteiger charge is 2.16. The van der Waals surface area contributed by atoms with Crippen LogP contribution in [0.1, 0.15) is 9.67 Å². The predicted molar refractivity (Wildman–Crippen MR) is 74.3 cm³/mol. The van der Waals surface area contributed by atoms with E-state index >= 15 is 0 Å². The molecule has 0 saturated carbocycles. The SMILES string of the molecule is COC(=O)c1ccc(-c2ccc([N+](=O)[O-])cc2OC)s1. The normalized spacial score (nSPS) is 10.1. The van der Waals surface area contributed by atoms with E-state index in [2.05, 4.69) is 4.74 Å². The molecular formula is C13H11NO5S. The monoisotopic (exact) mass is 293 g/mol. The minimum Gasteiger partial charge on any atom is -0.496 e. The average molecular weight is 293 g/mol. The summed E-state index contributed by atoms with van der Waals surface area (Å²) in [6, 6.07) is 7.75. The number of methoxy groups -OCH3 is 2. The molecule has 0 amide bonds. The largest absolute Gasteiger partial charge is 0.496 e. The van der Waals surface area contributed by atoms with Crippen molar-refractivity contribution >= 4 is 23.0 Å². The predicted octanol–water partition coefficient (Wildman–Crippen LogP) is 3.12. The fourth-order valence-corrected chi connectivity index (χ4v) is 2.64. The van der Waals surface area contributed by atoms with Gasteiger partial charge >= 0.3 is 5.97 Å². The smallest absolute Gasteiger partial charge is 0.348 e. The summed E-state index contributed by atoms with van der Waals surface area (Å²) in [6.07, 6.45) is 0. The van der Waals surface area contributed by atoms with Crippen LogP contribution in [0.4, 0.5) is 5.69 Å². The van der Waals surface area contributed by atoms with Gasteiger partial charge in [-0.25, -0.2) is 4.79 Å². The first-order valence-corrected chi connectivity index (χ1v) is 6.39. The summed E-state index contributed by atoms with van der Waals surface area (Å²) in [5, 5.41) is 10.7. The number of carbonyl (C=O) groups excluding carboxylic acids is 1. The zero-order chi connectivity index (χ0) is 14.7. The molecule has 0 aliphatic rings. The van der Waals surface area contributed by atoms with E-state index in [9.17, 15) is 14.9 Å². The van der Waals surface area contributed by atoms with Crippen LogP contribution in [0.2, 0.25) is 0 Å². The molecule has 2 rings (SSSR count). The van der Waals surface area contributed by atoms with Crippen LogP contribution in [-0.2, 0) is 4.74 Å². The Hall–Kier alpha value is -2.41. The summed E-state index contributed by atoms with van der Waals surface area (Å²) in [7, 11) is 2.76. The lowest BCUT2D eigenvalue weighted by molar-refractivity contribution is -0.384. The summed E-state index contributed by atoms with van der Waals surface area (Å²) >= 11 is 1.24. The first-order chi connectivity index (χ1) is 9.56. The molecule has 1 heterocycles. The van der Waals surface area contributed by atoms with E-state index in [0.717, 1.165) is 4.88 Å². The third-order valence-electron chi connectivity index (χ3n) is 2.65. The molecule has 6 nitrogen and oxygen atoms in total. The summed E-state index contributed by atoms with van der Waals surface area (Å²) in [4.78, 5) is 22.9. The van der Waals surface area contributed by atoms with E-state index in [1.165, 1.54) is 37.7 Å². The second-order valence-corrected chi connectivity index (χ2v) is 4.88. The quantitative estimate of drug-likeness (QED) is 0.491. The fourth-order valence-electron chi connectivity index (χ4n) is 1.69. The van der Waals surface area contributed by atoms with E-state index in [1.807, 2.05) is 0 Å². The number of hydrogen-bond donors (Lipinski definition) is 0. The van der Waals surface area contributed by atoms with Gasteiger partial charge in [-0.3, -0.25) is 10.1 Å². The van der Waals surface area contributed by atoms with Gasteiger partial charge in [-0.1, -0.05) is 0 Å². The van der Waals surface area contributed by atoms with Crippen molar-refractivity contribution in [3.8, 4) is 16.2 Å². The number of carbonyl (C=O) groups is 1. The van der Waals surface area contributed by atoms with Crippen molar-refractivity contribution in [3.05, 3.63) is 45.3 Å². The summed E-state index contributed by atoms with van der Waals surface area (Å²) < 4.78 is 9.82. The van der Waals surface area contributed by atoms with Gasteiger partial charge in [-0.05, 0) is 18.2 Å². The van der Waals surface area contributed by atoms with Gasteiger partial charge < -0.3 is 9.47 Å². The Balaban J connectivity index is 2.44. The molecule has 20 heavy (non-hydrogen) atoms. The van der Waals surface area contributed by atoms with Crippen molar-refractivity contribution in [1.82, 2.24) is 0 Å². The van der Waals surface area contributed by atoms with Crippen molar-refractivity contribution in [2.24, 2.45) is 0 Å². The lowest BCUT2D eigenvalue weighted by Crippen LogP contribution is -1.96. The Bertz CT molecular complexity index is 665. The van der Waals surface area contributed by atoms with E-state index in [1.54, 1.807) is 18.2 Å². The molecule has 0 fully saturated rings. The first kappa shape index (κ1) is 14.0. The topological polar surface area (TPSA) is 78.7 Å². The molecule has 0 bridgehead atoms. The average Bonchev–Trinajstić information content (AvgIpc) is 2.95. The highest BCUT2D eigenvalue weighted by atomic mass is 32.1. The lowest BCUT2D eigenvalue weighted by atomic mass is 10.1. The standard InChI is InChI=1S/C13H11NO5S/c1-18-10-7-8(14(16)17)3-4-9(10)11-5-6-12(20-11)13(15)19-2/h3-7H,1-2H3. The number of esters is 1. The number of hydrogen-bond acceptors (Lipinski definition) is 6. The van der Waals surface area contributed by atoms with Crippen LogP contribution in [0.3, 0.4) is 0 Å². The van der Waals surface area contributed by atoms with Crippen molar-refractivity contribution in [2.75, 3.05) is 14.2 Å².